The van der Waals surface area contributed by atoms with E-state index in [1.54, 1.807) is 0 Å². The van der Waals surface area contributed by atoms with E-state index in [1.165, 1.54) is 0 Å². The number of nitrogens with zero attached hydrogens (tertiary/aromatic N) is 4. The smallest absolute Gasteiger partial charge is 0.130 e. The van der Waals surface area contributed by atoms with Gasteiger partial charge in [0.05, 0.1) is 5.69 Å². The lowest BCUT2D eigenvalue weighted by Gasteiger charge is -2.37. The first-order valence-corrected chi connectivity index (χ1v) is 6.50. The molecule has 5 heteroatoms. The highest BCUT2D eigenvalue weighted by molar-refractivity contribution is 5.10. The highest BCUT2D eigenvalue weighted by Crippen LogP contribution is 2.11. The molecule has 2 heterocycles. The van der Waals surface area contributed by atoms with Crippen LogP contribution in [0, 0.1) is 6.92 Å². The normalized spacial score (nSPS) is 22.3. The maximum absolute atomic E-state index is 5.66. The van der Waals surface area contributed by atoms with Crippen LogP contribution in [-0.2, 0) is 13.0 Å². The number of rotatable bonds is 3. The lowest BCUT2D eigenvalue weighted by atomic mass is 10.1. The van der Waals surface area contributed by atoms with Crippen molar-refractivity contribution in [1.29, 1.82) is 0 Å². The molecule has 0 spiro atoms. The molecule has 1 fully saturated rings. The summed E-state index contributed by atoms with van der Waals surface area (Å²) in [4.78, 5) is 13.8. The van der Waals surface area contributed by atoms with Crippen LogP contribution in [0.1, 0.15) is 17.2 Å². The van der Waals surface area contributed by atoms with Gasteiger partial charge in [0.2, 0.25) is 0 Å². The van der Waals surface area contributed by atoms with E-state index >= 15 is 0 Å². The molecule has 1 unspecified atom stereocenters. The molecule has 100 valence electrons. The van der Waals surface area contributed by atoms with Gasteiger partial charge in [-0.25, -0.2) is 9.97 Å². The van der Waals surface area contributed by atoms with Crippen molar-refractivity contribution in [3.63, 3.8) is 0 Å². The maximum atomic E-state index is 5.66. The van der Waals surface area contributed by atoms with E-state index in [2.05, 4.69) is 33.9 Å². The van der Waals surface area contributed by atoms with Crippen LogP contribution in [-0.4, -0.2) is 59.5 Å². The van der Waals surface area contributed by atoms with E-state index in [0.29, 0.717) is 12.6 Å². The molecule has 1 aromatic heterocycles. The van der Waals surface area contributed by atoms with Crippen LogP contribution in [0.3, 0.4) is 0 Å². The number of likely N-dealkylation sites (N-methyl/N-ethyl adjacent to an activating group) is 2. The Labute approximate surface area is 109 Å². The van der Waals surface area contributed by atoms with Crippen LogP contribution in [0.25, 0.3) is 0 Å². The number of hydrogen-bond donors (Lipinski definition) is 1. The van der Waals surface area contributed by atoms with Crippen LogP contribution in [0.4, 0.5) is 0 Å². The lowest BCUT2D eigenvalue weighted by molar-refractivity contribution is 0.113. The quantitative estimate of drug-likeness (QED) is 0.819. The van der Waals surface area contributed by atoms with E-state index < -0.39 is 0 Å². The second kappa shape index (κ2) is 5.73. The van der Waals surface area contributed by atoms with Crippen LogP contribution in [0.5, 0.6) is 0 Å². The first-order valence-electron chi connectivity index (χ1n) is 6.50. The molecule has 1 aliphatic heterocycles. The lowest BCUT2D eigenvalue weighted by Crippen LogP contribution is -2.51. The Morgan fingerprint density at radius 3 is 2.83 bits per heavy atom. The molecule has 1 saturated heterocycles. The Morgan fingerprint density at radius 2 is 2.11 bits per heavy atom. The fraction of sp³-hybridized carbons (Fsp3) is 0.692. The van der Waals surface area contributed by atoms with Crippen LogP contribution in [0.2, 0.25) is 0 Å². The molecule has 1 aliphatic rings. The Balaban J connectivity index is 2.10. The zero-order chi connectivity index (χ0) is 13.1. The van der Waals surface area contributed by atoms with Crippen molar-refractivity contribution in [2.45, 2.75) is 25.9 Å². The topological polar surface area (TPSA) is 58.3 Å². The fourth-order valence-electron chi connectivity index (χ4n) is 2.43. The maximum Gasteiger partial charge on any atom is 0.130 e. The minimum Gasteiger partial charge on any atom is -0.325 e. The first kappa shape index (κ1) is 13.4. The number of aryl methyl sites for hydroxylation is 1. The minimum absolute atomic E-state index is 0.483. The first-order chi connectivity index (χ1) is 8.58. The number of aromatic nitrogens is 2. The largest absolute Gasteiger partial charge is 0.325 e. The fourth-order valence-corrected chi connectivity index (χ4v) is 2.43. The number of nitrogens with two attached hydrogens (primary N) is 1. The van der Waals surface area contributed by atoms with Gasteiger partial charge in [-0.3, -0.25) is 0 Å². The van der Waals surface area contributed by atoms with Crippen molar-refractivity contribution in [2.24, 2.45) is 5.73 Å². The van der Waals surface area contributed by atoms with E-state index in [-0.39, 0.29) is 0 Å². The van der Waals surface area contributed by atoms with Gasteiger partial charge in [-0.05, 0) is 27.1 Å². The summed E-state index contributed by atoms with van der Waals surface area (Å²) >= 11 is 0. The summed E-state index contributed by atoms with van der Waals surface area (Å²) < 4.78 is 0. The van der Waals surface area contributed by atoms with Gasteiger partial charge in [-0.2, -0.15) is 0 Å². The summed E-state index contributed by atoms with van der Waals surface area (Å²) in [5.41, 5.74) is 7.60. The van der Waals surface area contributed by atoms with Crippen molar-refractivity contribution >= 4 is 0 Å². The molecule has 0 aromatic carbocycles. The average molecular weight is 249 g/mol. The van der Waals surface area contributed by atoms with E-state index in [0.717, 1.165) is 43.3 Å². The summed E-state index contributed by atoms with van der Waals surface area (Å²) in [6, 6.07) is 2.45. The molecule has 2 rings (SSSR count). The SMILES string of the molecule is Cc1cc(CN)nc(CC2CN(C)CCN2C)n1. The predicted molar refractivity (Wildman–Crippen MR) is 72.3 cm³/mol. The predicted octanol–water partition coefficient (Wildman–Crippen LogP) is 0.0320. The van der Waals surface area contributed by atoms with Gasteiger partial charge in [-0.15, -0.1) is 0 Å². The monoisotopic (exact) mass is 249 g/mol. The third-order valence-electron chi connectivity index (χ3n) is 3.56. The van der Waals surface area contributed by atoms with Crippen LogP contribution < -0.4 is 5.73 Å². The molecule has 0 radical (unpaired) electrons. The standard InChI is InChI=1S/C13H23N5/c1-10-6-11(8-14)16-13(15-10)7-12-9-17(2)4-5-18(12)3/h6,12H,4-5,7-9,14H2,1-3H3. The van der Waals surface area contributed by atoms with Gasteiger partial charge in [0.1, 0.15) is 5.82 Å². The van der Waals surface area contributed by atoms with Gasteiger partial charge in [-0.1, -0.05) is 0 Å². The highest BCUT2D eigenvalue weighted by atomic mass is 15.3. The van der Waals surface area contributed by atoms with Crippen molar-refractivity contribution in [3.05, 3.63) is 23.3 Å². The molecular formula is C13H23N5. The zero-order valence-corrected chi connectivity index (χ0v) is 11.6. The van der Waals surface area contributed by atoms with Gasteiger partial charge >= 0.3 is 0 Å². The number of hydrogen-bond acceptors (Lipinski definition) is 5. The van der Waals surface area contributed by atoms with Crippen LogP contribution in [0.15, 0.2) is 6.07 Å². The molecule has 1 aromatic rings. The summed E-state index contributed by atoms with van der Waals surface area (Å²) in [5.74, 6) is 0.919. The summed E-state index contributed by atoms with van der Waals surface area (Å²) in [6.07, 6.45) is 0.898. The Morgan fingerprint density at radius 1 is 1.33 bits per heavy atom. The molecule has 0 aliphatic carbocycles. The summed E-state index contributed by atoms with van der Waals surface area (Å²) in [5, 5.41) is 0. The summed E-state index contributed by atoms with van der Waals surface area (Å²) in [7, 11) is 4.35. The second-order valence-electron chi connectivity index (χ2n) is 5.22. The second-order valence-corrected chi connectivity index (χ2v) is 5.22. The molecule has 1 atom stereocenters. The van der Waals surface area contributed by atoms with Crippen molar-refractivity contribution < 1.29 is 0 Å². The van der Waals surface area contributed by atoms with E-state index in [1.807, 2.05) is 13.0 Å². The molecule has 0 bridgehead atoms. The minimum atomic E-state index is 0.483. The van der Waals surface area contributed by atoms with Crippen molar-refractivity contribution in [2.75, 3.05) is 33.7 Å². The van der Waals surface area contributed by atoms with E-state index in [4.69, 9.17) is 5.73 Å². The summed E-state index contributed by atoms with van der Waals surface area (Å²) in [6.45, 7) is 5.80. The van der Waals surface area contributed by atoms with Crippen LogP contribution >= 0.6 is 0 Å². The van der Waals surface area contributed by atoms with Gasteiger partial charge in [0.25, 0.3) is 0 Å². The molecule has 2 N–H and O–H groups in total. The molecule has 5 nitrogen and oxygen atoms in total. The highest BCUT2D eigenvalue weighted by Gasteiger charge is 2.23. The Hall–Kier alpha value is -1.04. The van der Waals surface area contributed by atoms with Crippen molar-refractivity contribution in [3.8, 4) is 0 Å². The third kappa shape index (κ3) is 3.25. The van der Waals surface area contributed by atoms with Gasteiger partial charge in [0, 0.05) is 44.3 Å². The third-order valence-corrected chi connectivity index (χ3v) is 3.56. The van der Waals surface area contributed by atoms with Gasteiger partial charge < -0.3 is 15.5 Å². The number of piperazine rings is 1. The Kier molecular flexibility index (Phi) is 4.27. The van der Waals surface area contributed by atoms with E-state index in [9.17, 15) is 0 Å². The average Bonchev–Trinajstić information content (AvgIpc) is 2.33. The molecule has 0 amide bonds. The molecule has 0 saturated carbocycles. The van der Waals surface area contributed by atoms with Crippen molar-refractivity contribution in [1.82, 2.24) is 19.8 Å². The molecular weight excluding hydrogens is 226 g/mol. The molecule has 18 heavy (non-hydrogen) atoms. The Bertz CT molecular complexity index is 406. The zero-order valence-electron chi connectivity index (χ0n) is 11.6. The van der Waals surface area contributed by atoms with Gasteiger partial charge in [0.15, 0.2) is 0 Å².